The molecule has 0 amide bonds. The molecule has 2 fully saturated rings. The maximum atomic E-state index is 13.0. The second-order valence-corrected chi connectivity index (χ2v) is 13.0. The van der Waals surface area contributed by atoms with Crippen molar-refractivity contribution in [1.82, 2.24) is 10.2 Å². The molecule has 0 bridgehead atoms. The Morgan fingerprint density at radius 2 is 1.58 bits per heavy atom. The molecule has 1 saturated heterocycles. The number of rotatable bonds is 13. The second-order valence-electron chi connectivity index (χ2n) is 13.0. The average Bonchev–Trinajstić information content (AvgIpc) is 3.45. The number of hydrogen-bond acceptors (Lipinski definition) is 6. The van der Waals surface area contributed by atoms with Crippen LogP contribution in [0.15, 0.2) is 72.8 Å². The second kappa shape index (κ2) is 13.8. The van der Waals surface area contributed by atoms with E-state index in [4.69, 9.17) is 14.2 Å². The van der Waals surface area contributed by atoms with Gasteiger partial charge in [-0.25, -0.2) is 4.79 Å². The summed E-state index contributed by atoms with van der Waals surface area (Å²) in [6.45, 7) is 12.2. The Hall–Kier alpha value is -3.56. The zero-order valence-electron chi connectivity index (χ0n) is 26.4. The number of hydrogen-bond donors (Lipinski definition) is 1. The van der Waals surface area contributed by atoms with Gasteiger partial charge in [-0.15, -0.1) is 0 Å². The summed E-state index contributed by atoms with van der Waals surface area (Å²) < 4.78 is 56.3. The van der Waals surface area contributed by atoms with Crippen molar-refractivity contribution in [2.24, 2.45) is 11.8 Å². The standard InChI is InChI=1S/C36H43F3N2O4/c1-5-43-34(42)32(45-29-15-11-26(12-16-29)35(2,3)4)20-24-9-13-28(14-10-24)44-18-17-41-22-30-31(23-41)33(30)40-21-25-7-6-8-27(19-25)36(37,38)39/h6-16,19,30-33,40H,5,17-18,20-23H2,1-4H3/t30-,31+,32-,33?/m0/s1. The van der Waals surface area contributed by atoms with Crippen LogP contribution < -0.4 is 14.8 Å². The third-order valence-corrected chi connectivity index (χ3v) is 8.63. The molecule has 242 valence electrons. The lowest BCUT2D eigenvalue weighted by Crippen LogP contribution is -2.33. The number of carbonyl (C=O) groups is 1. The number of nitrogens with zero attached hydrogens (tertiary/aromatic N) is 1. The molecular formula is C36H43F3N2O4. The summed E-state index contributed by atoms with van der Waals surface area (Å²) in [5, 5.41) is 3.45. The Morgan fingerprint density at radius 1 is 0.911 bits per heavy atom. The van der Waals surface area contributed by atoms with Crippen molar-refractivity contribution < 1.29 is 32.2 Å². The number of piperidine rings is 1. The highest BCUT2D eigenvalue weighted by atomic mass is 19.4. The van der Waals surface area contributed by atoms with Crippen LogP contribution in [-0.2, 0) is 34.1 Å². The first kappa shape index (κ1) is 32.8. The van der Waals surface area contributed by atoms with Crippen LogP contribution in [0.3, 0.4) is 0 Å². The summed E-state index contributed by atoms with van der Waals surface area (Å²) in [5.74, 6) is 2.05. The van der Waals surface area contributed by atoms with Gasteiger partial charge >= 0.3 is 12.1 Å². The Morgan fingerprint density at radius 3 is 2.20 bits per heavy atom. The predicted octanol–water partition coefficient (Wildman–Crippen LogP) is 6.65. The molecule has 3 aromatic carbocycles. The first-order valence-electron chi connectivity index (χ1n) is 15.7. The predicted molar refractivity (Wildman–Crippen MR) is 167 cm³/mol. The van der Waals surface area contributed by atoms with Crippen molar-refractivity contribution in [3.8, 4) is 11.5 Å². The maximum absolute atomic E-state index is 13.0. The van der Waals surface area contributed by atoms with Gasteiger partial charge in [-0.3, -0.25) is 4.90 Å². The summed E-state index contributed by atoms with van der Waals surface area (Å²) in [4.78, 5) is 15.1. The van der Waals surface area contributed by atoms with Gasteiger partial charge in [0.15, 0.2) is 6.10 Å². The minimum atomic E-state index is -4.32. The van der Waals surface area contributed by atoms with E-state index in [0.29, 0.717) is 48.8 Å². The van der Waals surface area contributed by atoms with Gasteiger partial charge in [0.1, 0.15) is 18.1 Å². The SMILES string of the molecule is CCOC(=O)[C@H](Cc1ccc(OCCN2C[C@@H]3C(NCc4cccc(C(F)(F)F)c4)[C@@H]3C2)cc1)Oc1ccc(C(C)(C)C)cc1. The molecule has 9 heteroatoms. The topological polar surface area (TPSA) is 60.0 Å². The molecule has 0 radical (unpaired) electrons. The van der Waals surface area contributed by atoms with Crippen LogP contribution in [0.4, 0.5) is 13.2 Å². The van der Waals surface area contributed by atoms with Crippen molar-refractivity contribution in [2.45, 2.75) is 64.4 Å². The molecule has 0 spiro atoms. The lowest BCUT2D eigenvalue weighted by molar-refractivity contribution is -0.151. The van der Waals surface area contributed by atoms with E-state index in [1.165, 1.54) is 17.7 Å². The normalized spacial score (nSPS) is 20.4. The molecule has 1 heterocycles. The third kappa shape index (κ3) is 8.79. The van der Waals surface area contributed by atoms with E-state index in [0.717, 1.165) is 37.0 Å². The molecule has 5 rings (SSSR count). The fraction of sp³-hybridized carbons (Fsp3) is 0.472. The molecule has 1 unspecified atom stereocenters. The smallest absolute Gasteiger partial charge is 0.416 e. The van der Waals surface area contributed by atoms with Gasteiger partial charge in [-0.05, 0) is 71.2 Å². The molecular weight excluding hydrogens is 581 g/mol. The summed E-state index contributed by atoms with van der Waals surface area (Å²) in [7, 11) is 0. The molecule has 0 aromatic heterocycles. The largest absolute Gasteiger partial charge is 0.492 e. The Balaban J connectivity index is 1.04. The minimum Gasteiger partial charge on any atom is -0.492 e. The van der Waals surface area contributed by atoms with Crippen LogP contribution in [0.2, 0.25) is 0 Å². The van der Waals surface area contributed by atoms with Gasteiger partial charge < -0.3 is 19.5 Å². The Labute approximate surface area is 263 Å². The van der Waals surface area contributed by atoms with Gasteiger partial charge in [0.05, 0.1) is 12.2 Å². The molecule has 6 nitrogen and oxygen atoms in total. The fourth-order valence-electron chi connectivity index (χ4n) is 6.03. The van der Waals surface area contributed by atoms with Crippen molar-refractivity contribution in [1.29, 1.82) is 0 Å². The van der Waals surface area contributed by atoms with Crippen molar-refractivity contribution >= 4 is 5.97 Å². The molecule has 3 aromatic rings. The third-order valence-electron chi connectivity index (χ3n) is 8.63. The van der Waals surface area contributed by atoms with E-state index in [1.807, 2.05) is 48.5 Å². The number of esters is 1. The summed E-state index contributed by atoms with van der Waals surface area (Å²) in [5.41, 5.74) is 2.20. The van der Waals surface area contributed by atoms with E-state index in [2.05, 4.69) is 31.0 Å². The highest BCUT2D eigenvalue weighted by Crippen LogP contribution is 2.45. The molecule has 2 aliphatic rings. The van der Waals surface area contributed by atoms with E-state index >= 15 is 0 Å². The molecule has 4 atom stereocenters. The number of benzene rings is 3. The molecule has 45 heavy (non-hydrogen) atoms. The van der Waals surface area contributed by atoms with Crippen molar-refractivity contribution in [3.05, 3.63) is 95.1 Å². The number of ether oxygens (including phenoxy) is 3. The molecule has 1 N–H and O–H groups in total. The average molecular weight is 625 g/mol. The van der Waals surface area contributed by atoms with Crippen LogP contribution in [0.5, 0.6) is 11.5 Å². The van der Waals surface area contributed by atoms with E-state index in [1.54, 1.807) is 13.0 Å². The van der Waals surface area contributed by atoms with E-state index in [9.17, 15) is 18.0 Å². The van der Waals surface area contributed by atoms with Crippen LogP contribution in [0, 0.1) is 11.8 Å². The Bertz CT molecular complexity index is 1410. The summed E-state index contributed by atoms with van der Waals surface area (Å²) >= 11 is 0. The number of alkyl halides is 3. The lowest BCUT2D eigenvalue weighted by atomic mass is 9.87. The highest BCUT2D eigenvalue weighted by molar-refractivity contribution is 5.75. The number of nitrogens with one attached hydrogen (secondary N) is 1. The Kier molecular flexibility index (Phi) is 10.1. The number of fused-ring (bicyclic) bond motifs is 1. The van der Waals surface area contributed by atoms with Gasteiger partial charge in [0.2, 0.25) is 0 Å². The zero-order valence-corrected chi connectivity index (χ0v) is 26.4. The van der Waals surface area contributed by atoms with Crippen LogP contribution in [0.1, 0.15) is 49.9 Å². The maximum Gasteiger partial charge on any atom is 0.416 e. The monoisotopic (exact) mass is 624 g/mol. The number of likely N-dealkylation sites (tertiary alicyclic amines) is 1. The lowest BCUT2D eigenvalue weighted by Gasteiger charge is -2.21. The fourth-order valence-corrected chi connectivity index (χ4v) is 6.03. The van der Waals surface area contributed by atoms with Crippen LogP contribution in [-0.4, -0.2) is 55.9 Å². The molecule has 1 aliphatic carbocycles. The van der Waals surface area contributed by atoms with Gasteiger partial charge in [0.25, 0.3) is 0 Å². The van der Waals surface area contributed by atoms with Gasteiger partial charge in [-0.1, -0.05) is 63.2 Å². The van der Waals surface area contributed by atoms with Gasteiger partial charge in [0, 0.05) is 38.6 Å². The zero-order chi connectivity index (χ0) is 32.2. The van der Waals surface area contributed by atoms with Crippen molar-refractivity contribution in [2.75, 3.05) is 32.8 Å². The van der Waals surface area contributed by atoms with Crippen molar-refractivity contribution in [3.63, 3.8) is 0 Å². The van der Waals surface area contributed by atoms with Crippen LogP contribution >= 0.6 is 0 Å². The van der Waals surface area contributed by atoms with E-state index in [-0.39, 0.29) is 12.0 Å². The highest BCUT2D eigenvalue weighted by Gasteiger charge is 2.55. The van der Waals surface area contributed by atoms with Gasteiger partial charge in [-0.2, -0.15) is 13.2 Å². The first-order valence-corrected chi connectivity index (χ1v) is 15.7. The first-order chi connectivity index (χ1) is 21.4. The summed E-state index contributed by atoms with van der Waals surface area (Å²) in [6.07, 6.45) is -4.71. The summed E-state index contributed by atoms with van der Waals surface area (Å²) in [6, 6.07) is 21.4. The van der Waals surface area contributed by atoms with E-state index < -0.39 is 23.8 Å². The minimum absolute atomic E-state index is 0.0271. The molecule has 1 saturated carbocycles. The quantitative estimate of drug-likeness (QED) is 0.215. The number of carbonyl (C=O) groups excluding carboxylic acids is 1. The number of halogens is 3. The van der Waals surface area contributed by atoms with Crippen LogP contribution in [0.25, 0.3) is 0 Å². The molecule has 1 aliphatic heterocycles.